The third kappa shape index (κ3) is 6.73. The van der Waals surface area contributed by atoms with Crippen LogP contribution in [0.5, 0.6) is 17.2 Å². The van der Waals surface area contributed by atoms with Crippen molar-refractivity contribution >= 4 is 11.6 Å². The number of aliphatic imine (C=N–C) groups is 1. The molecule has 0 spiro atoms. The third-order valence-electron chi connectivity index (χ3n) is 6.75. The van der Waals surface area contributed by atoms with Gasteiger partial charge in [0, 0.05) is 49.9 Å². The van der Waals surface area contributed by atoms with Gasteiger partial charge in [0.25, 0.3) is 0 Å². The molecule has 2 aliphatic heterocycles. The summed E-state index contributed by atoms with van der Waals surface area (Å²) in [6, 6.07) is 3.70. The van der Waals surface area contributed by atoms with Crippen LogP contribution in [0.1, 0.15) is 34.1 Å². The highest BCUT2D eigenvalue weighted by Crippen LogP contribution is 2.40. The van der Waals surface area contributed by atoms with Gasteiger partial charge in [0.15, 0.2) is 17.2 Å². The van der Waals surface area contributed by atoms with Crippen LogP contribution in [0.2, 0.25) is 0 Å². The molecule has 0 amide bonds. The van der Waals surface area contributed by atoms with Crippen LogP contribution in [0.4, 0.5) is 5.69 Å². The zero-order valence-corrected chi connectivity index (χ0v) is 22.7. The lowest BCUT2D eigenvalue weighted by Gasteiger charge is -2.32. The summed E-state index contributed by atoms with van der Waals surface area (Å²) in [7, 11) is 4.79. The molecule has 1 aromatic carbocycles. The van der Waals surface area contributed by atoms with Crippen molar-refractivity contribution in [2.45, 2.75) is 39.8 Å². The van der Waals surface area contributed by atoms with E-state index in [4.69, 9.17) is 19.2 Å². The average Bonchev–Trinajstić information content (AvgIpc) is 3.16. The molecule has 0 saturated carbocycles. The standard InChI is InChI=1S/C27H42N6O3/c1-8-19(2)21(18-33-12-9-10-28-11-13-33)17-30-27(4)20(3)16-29-26(32-27)31-22-14-23(34-5)25(36-7)24(15-22)35-6/h8,14-17,28,30H,9-13,18H2,1-7H3,(H2,29,31,32)/b19-8-,21-17-. The van der Waals surface area contributed by atoms with Crippen molar-refractivity contribution in [2.75, 3.05) is 59.4 Å². The second-order valence-electron chi connectivity index (χ2n) is 9.21. The Hall–Kier alpha value is -3.17. The van der Waals surface area contributed by atoms with Crippen LogP contribution in [-0.2, 0) is 0 Å². The first kappa shape index (κ1) is 27.4. The van der Waals surface area contributed by atoms with Gasteiger partial charge in [-0.3, -0.25) is 4.90 Å². The number of nitrogens with zero attached hydrogens (tertiary/aromatic N) is 2. The maximum Gasteiger partial charge on any atom is 0.203 e. The highest BCUT2D eigenvalue weighted by Gasteiger charge is 2.28. The second-order valence-corrected chi connectivity index (χ2v) is 9.21. The molecular weight excluding hydrogens is 456 g/mol. The number of ether oxygens (including phenoxy) is 3. The maximum absolute atomic E-state index is 5.48. The molecule has 2 heterocycles. The molecular formula is C27H42N6O3. The maximum atomic E-state index is 5.48. The van der Waals surface area contributed by atoms with E-state index in [-0.39, 0.29) is 0 Å². The molecule has 198 valence electrons. The minimum atomic E-state index is -0.617. The Morgan fingerprint density at radius 1 is 1.14 bits per heavy atom. The van der Waals surface area contributed by atoms with Gasteiger partial charge in [0.05, 0.1) is 21.3 Å². The van der Waals surface area contributed by atoms with Gasteiger partial charge in [-0.2, -0.15) is 0 Å². The van der Waals surface area contributed by atoms with Crippen molar-refractivity contribution in [3.05, 3.63) is 47.3 Å². The van der Waals surface area contributed by atoms with Gasteiger partial charge in [-0.05, 0) is 63.9 Å². The molecule has 1 unspecified atom stereocenters. The lowest BCUT2D eigenvalue weighted by Crippen LogP contribution is -2.46. The van der Waals surface area contributed by atoms with Gasteiger partial charge in [-0.25, -0.2) is 4.99 Å². The summed E-state index contributed by atoms with van der Waals surface area (Å²) in [5.41, 5.74) is 3.75. The molecule has 1 aromatic rings. The second kappa shape index (κ2) is 12.7. The van der Waals surface area contributed by atoms with Crippen LogP contribution >= 0.6 is 0 Å². The molecule has 2 aliphatic rings. The number of methoxy groups -OCH3 is 3. The van der Waals surface area contributed by atoms with Gasteiger partial charge >= 0.3 is 0 Å². The molecule has 9 heteroatoms. The van der Waals surface area contributed by atoms with Gasteiger partial charge in [0.2, 0.25) is 11.7 Å². The zero-order chi connectivity index (χ0) is 26.1. The Bertz CT molecular complexity index is 999. The number of nitrogens with one attached hydrogen (secondary N) is 4. The van der Waals surface area contributed by atoms with E-state index < -0.39 is 5.66 Å². The number of hydrogen-bond acceptors (Lipinski definition) is 9. The van der Waals surface area contributed by atoms with E-state index in [1.54, 1.807) is 21.3 Å². The molecule has 1 atom stereocenters. The predicted molar refractivity (Wildman–Crippen MR) is 147 cm³/mol. The number of benzene rings is 1. The van der Waals surface area contributed by atoms with E-state index in [0.717, 1.165) is 44.0 Å². The van der Waals surface area contributed by atoms with Crippen LogP contribution in [0, 0.1) is 0 Å². The molecule has 1 saturated heterocycles. The lowest BCUT2D eigenvalue weighted by molar-refractivity contribution is 0.317. The molecule has 1 fully saturated rings. The van der Waals surface area contributed by atoms with E-state index >= 15 is 0 Å². The van der Waals surface area contributed by atoms with Crippen LogP contribution in [0.25, 0.3) is 0 Å². The first-order chi connectivity index (χ1) is 17.3. The van der Waals surface area contributed by atoms with Crippen molar-refractivity contribution < 1.29 is 14.2 Å². The Morgan fingerprint density at radius 3 is 2.50 bits per heavy atom. The quantitative estimate of drug-likeness (QED) is 0.385. The van der Waals surface area contributed by atoms with E-state index in [0.29, 0.717) is 23.2 Å². The Labute approximate surface area is 215 Å². The molecule has 9 nitrogen and oxygen atoms in total. The molecule has 0 aromatic heterocycles. The topological polar surface area (TPSA) is 91.4 Å². The summed E-state index contributed by atoms with van der Waals surface area (Å²) in [6.07, 6.45) is 7.42. The summed E-state index contributed by atoms with van der Waals surface area (Å²) in [5.74, 6) is 2.30. The minimum Gasteiger partial charge on any atom is -0.493 e. The molecule has 0 aliphatic carbocycles. The number of rotatable bonds is 9. The molecule has 0 bridgehead atoms. The van der Waals surface area contributed by atoms with Gasteiger partial charge in [0.1, 0.15) is 0 Å². The fraction of sp³-hybridized carbons (Fsp3) is 0.519. The van der Waals surface area contributed by atoms with Crippen LogP contribution in [0.3, 0.4) is 0 Å². The Morgan fingerprint density at radius 2 is 1.86 bits per heavy atom. The summed E-state index contributed by atoms with van der Waals surface area (Å²) in [6.45, 7) is 13.6. The Kier molecular flexibility index (Phi) is 9.66. The highest BCUT2D eigenvalue weighted by atomic mass is 16.5. The number of guanidine groups is 1. The van der Waals surface area contributed by atoms with Gasteiger partial charge in [-0.1, -0.05) is 6.08 Å². The minimum absolute atomic E-state index is 0.545. The largest absolute Gasteiger partial charge is 0.493 e. The monoisotopic (exact) mass is 498 g/mol. The van der Waals surface area contributed by atoms with E-state index in [1.165, 1.54) is 17.6 Å². The molecule has 3 rings (SSSR count). The summed E-state index contributed by atoms with van der Waals surface area (Å²) in [4.78, 5) is 7.49. The zero-order valence-electron chi connectivity index (χ0n) is 22.7. The van der Waals surface area contributed by atoms with Crippen molar-refractivity contribution in [3.63, 3.8) is 0 Å². The average molecular weight is 499 g/mol. The van der Waals surface area contributed by atoms with Gasteiger partial charge in [-0.15, -0.1) is 0 Å². The van der Waals surface area contributed by atoms with Crippen molar-refractivity contribution in [3.8, 4) is 17.2 Å². The smallest absolute Gasteiger partial charge is 0.203 e. The van der Waals surface area contributed by atoms with Crippen molar-refractivity contribution in [1.82, 2.24) is 20.9 Å². The number of anilines is 1. The fourth-order valence-corrected chi connectivity index (χ4v) is 4.16. The van der Waals surface area contributed by atoms with Crippen LogP contribution < -0.4 is 35.5 Å². The number of allylic oxidation sites excluding steroid dienone is 1. The van der Waals surface area contributed by atoms with Crippen molar-refractivity contribution in [1.29, 1.82) is 0 Å². The Balaban J connectivity index is 1.82. The first-order valence-electron chi connectivity index (χ1n) is 12.5. The van der Waals surface area contributed by atoms with E-state index in [1.807, 2.05) is 18.3 Å². The summed E-state index contributed by atoms with van der Waals surface area (Å²) in [5, 5.41) is 13.7. The van der Waals surface area contributed by atoms with Crippen molar-refractivity contribution in [2.24, 2.45) is 4.99 Å². The first-order valence-corrected chi connectivity index (χ1v) is 12.5. The molecule has 0 radical (unpaired) electrons. The van der Waals surface area contributed by atoms with Gasteiger partial charge < -0.3 is 35.5 Å². The SMILES string of the molecule is C/C=C(C)\C(=C/NC1(C)N=C(Nc2cc(OC)c(OC)c(OC)c2)NC=C1C)CN1CCCNCC1. The van der Waals surface area contributed by atoms with Crippen LogP contribution in [-0.4, -0.2) is 70.6 Å². The summed E-state index contributed by atoms with van der Waals surface area (Å²) >= 11 is 0. The molecule has 36 heavy (non-hydrogen) atoms. The van der Waals surface area contributed by atoms with Crippen LogP contribution in [0.15, 0.2) is 52.3 Å². The van der Waals surface area contributed by atoms with E-state index in [9.17, 15) is 0 Å². The summed E-state index contributed by atoms with van der Waals surface area (Å²) < 4.78 is 16.4. The highest BCUT2D eigenvalue weighted by molar-refractivity contribution is 5.96. The lowest BCUT2D eigenvalue weighted by atomic mass is 10.0. The number of hydrogen-bond donors (Lipinski definition) is 4. The predicted octanol–water partition coefficient (Wildman–Crippen LogP) is 3.44. The molecule has 4 N–H and O–H groups in total. The fourth-order valence-electron chi connectivity index (χ4n) is 4.16. The third-order valence-corrected chi connectivity index (χ3v) is 6.75. The normalized spacial score (nSPS) is 21.5. The van der Waals surface area contributed by atoms with E-state index in [2.05, 4.69) is 66.1 Å².